The molecule has 0 aromatic rings. The molecule has 1 aliphatic heterocycles. The number of hydrogen-bond donors (Lipinski definition) is 2. The Morgan fingerprint density at radius 1 is 1.50 bits per heavy atom. The molecule has 1 rings (SSSR count). The van der Waals surface area contributed by atoms with Crippen molar-refractivity contribution in [1.82, 2.24) is 10.2 Å². The van der Waals surface area contributed by atoms with E-state index in [1.54, 1.807) is 11.8 Å². The number of nitrogens with zero attached hydrogens (tertiary/aromatic N) is 1. The van der Waals surface area contributed by atoms with E-state index in [-0.39, 0.29) is 19.2 Å². The number of rotatable bonds is 6. The first-order chi connectivity index (χ1) is 8.65. The van der Waals surface area contributed by atoms with E-state index in [0.717, 1.165) is 18.6 Å². The summed E-state index contributed by atoms with van der Waals surface area (Å²) in [6.07, 6.45) is 3.17. The van der Waals surface area contributed by atoms with Crippen LogP contribution in [-0.4, -0.2) is 66.4 Å². The van der Waals surface area contributed by atoms with Gasteiger partial charge in [0.25, 0.3) is 0 Å². The standard InChI is InChI=1S/C11H20N2O4S/c1-18-7-3-2-4-12-11(16)13-5-6-17-9(8-13)10(14)15/h9H,2-8H2,1H3,(H,12,16)(H,14,15). The van der Waals surface area contributed by atoms with E-state index in [1.165, 1.54) is 4.90 Å². The summed E-state index contributed by atoms with van der Waals surface area (Å²) < 4.78 is 5.05. The van der Waals surface area contributed by atoms with E-state index in [2.05, 4.69) is 11.6 Å². The predicted octanol–water partition coefficient (Wildman–Crippen LogP) is 0.625. The van der Waals surface area contributed by atoms with Gasteiger partial charge in [0.1, 0.15) is 0 Å². The number of carboxylic acids is 1. The number of aliphatic carboxylic acids is 1. The minimum Gasteiger partial charge on any atom is -0.479 e. The molecule has 0 bridgehead atoms. The van der Waals surface area contributed by atoms with Gasteiger partial charge in [-0.1, -0.05) is 0 Å². The zero-order valence-corrected chi connectivity index (χ0v) is 11.4. The predicted molar refractivity (Wildman–Crippen MR) is 70.0 cm³/mol. The van der Waals surface area contributed by atoms with E-state index in [0.29, 0.717) is 13.1 Å². The lowest BCUT2D eigenvalue weighted by atomic mass is 10.3. The zero-order valence-electron chi connectivity index (χ0n) is 10.6. The second kappa shape index (κ2) is 8.20. The lowest BCUT2D eigenvalue weighted by Gasteiger charge is -2.30. The average Bonchev–Trinajstić information content (AvgIpc) is 2.38. The van der Waals surface area contributed by atoms with Gasteiger partial charge in [-0.05, 0) is 24.9 Å². The van der Waals surface area contributed by atoms with Crippen molar-refractivity contribution in [2.45, 2.75) is 18.9 Å². The van der Waals surface area contributed by atoms with Crippen LogP contribution in [-0.2, 0) is 9.53 Å². The third-order valence-electron chi connectivity index (χ3n) is 2.68. The molecule has 1 aliphatic rings. The third kappa shape index (κ3) is 5.14. The van der Waals surface area contributed by atoms with Gasteiger partial charge in [0.15, 0.2) is 6.10 Å². The van der Waals surface area contributed by atoms with Crippen molar-refractivity contribution in [2.24, 2.45) is 0 Å². The molecule has 6 nitrogen and oxygen atoms in total. The highest BCUT2D eigenvalue weighted by Crippen LogP contribution is 2.05. The summed E-state index contributed by atoms with van der Waals surface area (Å²) in [6.45, 7) is 1.47. The third-order valence-corrected chi connectivity index (χ3v) is 3.38. The number of amides is 2. The highest BCUT2D eigenvalue weighted by atomic mass is 32.2. The Bertz CT molecular complexity index is 288. The molecule has 0 aromatic heterocycles. The molecule has 0 saturated carbocycles. The van der Waals surface area contributed by atoms with Crippen molar-refractivity contribution >= 4 is 23.8 Å². The fourth-order valence-electron chi connectivity index (χ4n) is 1.66. The van der Waals surface area contributed by atoms with Gasteiger partial charge in [-0.3, -0.25) is 0 Å². The molecule has 1 saturated heterocycles. The van der Waals surface area contributed by atoms with Crippen LogP contribution in [0, 0.1) is 0 Å². The topological polar surface area (TPSA) is 78.9 Å². The quantitative estimate of drug-likeness (QED) is 0.695. The molecule has 1 unspecified atom stereocenters. The Balaban J connectivity index is 2.22. The monoisotopic (exact) mass is 276 g/mol. The van der Waals surface area contributed by atoms with Crippen LogP contribution in [0.25, 0.3) is 0 Å². The molecule has 1 fully saturated rings. The number of urea groups is 1. The van der Waals surface area contributed by atoms with E-state index >= 15 is 0 Å². The zero-order chi connectivity index (χ0) is 13.4. The minimum atomic E-state index is -1.02. The van der Waals surface area contributed by atoms with Crippen molar-refractivity contribution in [3.05, 3.63) is 0 Å². The van der Waals surface area contributed by atoms with Gasteiger partial charge in [-0.15, -0.1) is 0 Å². The maximum atomic E-state index is 11.8. The first kappa shape index (κ1) is 15.1. The number of carbonyl (C=O) groups is 2. The Morgan fingerprint density at radius 2 is 2.28 bits per heavy atom. The molecule has 2 N–H and O–H groups in total. The average molecular weight is 276 g/mol. The highest BCUT2D eigenvalue weighted by molar-refractivity contribution is 7.98. The number of carboxylic acid groups (broad SMARTS) is 1. The Labute approximate surface area is 111 Å². The van der Waals surface area contributed by atoms with Crippen molar-refractivity contribution in [2.75, 3.05) is 38.2 Å². The maximum Gasteiger partial charge on any atom is 0.334 e. The van der Waals surface area contributed by atoms with Crippen LogP contribution in [0.15, 0.2) is 0 Å². The van der Waals surface area contributed by atoms with Crippen molar-refractivity contribution in [3.63, 3.8) is 0 Å². The largest absolute Gasteiger partial charge is 0.479 e. The second-order valence-electron chi connectivity index (χ2n) is 4.08. The molecule has 1 atom stereocenters. The SMILES string of the molecule is CSCCCCNC(=O)N1CCOC(C(=O)O)C1. The van der Waals surface area contributed by atoms with Gasteiger partial charge in [0.05, 0.1) is 13.2 Å². The summed E-state index contributed by atoms with van der Waals surface area (Å²) in [5, 5.41) is 11.6. The normalized spacial score (nSPS) is 19.6. The van der Waals surface area contributed by atoms with Gasteiger partial charge in [0.2, 0.25) is 0 Å². The first-order valence-corrected chi connectivity index (χ1v) is 7.40. The molecule has 104 valence electrons. The first-order valence-electron chi connectivity index (χ1n) is 6.01. The van der Waals surface area contributed by atoms with Crippen molar-refractivity contribution in [1.29, 1.82) is 0 Å². The van der Waals surface area contributed by atoms with E-state index in [9.17, 15) is 9.59 Å². The van der Waals surface area contributed by atoms with Gasteiger partial charge >= 0.3 is 12.0 Å². The summed E-state index contributed by atoms with van der Waals surface area (Å²) in [5.74, 6) is 0.0709. The Morgan fingerprint density at radius 3 is 2.94 bits per heavy atom. The van der Waals surface area contributed by atoms with Crippen LogP contribution in [0.5, 0.6) is 0 Å². The maximum absolute atomic E-state index is 11.8. The van der Waals surface area contributed by atoms with Gasteiger partial charge in [0, 0.05) is 13.1 Å². The Kier molecular flexibility index (Phi) is 6.89. The lowest BCUT2D eigenvalue weighted by molar-refractivity contribution is -0.154. The number of nitrogens with one attached hydrogen (secondary N) is 1. The summed E-state index contributed by atoms with van der Waals surface area (Å²) >= 11 is 1.79. The molecule has 0 spiro atoms. The summed E-state index contributed by atoms with van der Waals surface area (Å²) in [5.41, 5.74) is 0. The van der Waals surface area contributed by atoms with E-state index in [1.807, 2.05) is 0 Å². The van der Waals surface area contributed by atoms with Gasteiger partial charge < -0.3 is 20.1 Å². The van der Waals surface area contributed by atoms with Gasteiger partial charge in [-0.2, -0.15) is 11.8 Å². The molecule has 0 aromatic carbocycles. The summed E-state index contributed by atoms with van der Waals surface area (Å²) in [6, 6.07) is -0.200. The van der Waals surface area contributed by atoms with Crippen LogP contribution in [0.4, 0.5) is 4.79 Å². The van der Waals surface area contributed by atoms with Crippen LogP contribution in [0.2, 0.25) is 0 Å². The molecule has 7 heteroatoms. The molecule has 0 radical (unpaired) electrons. The molecule has 18 heavy (non-hydrogen) atoms. The van der Waals surface area contributed by atoms with Gasteiger partial charge in [-0.25, -0.2) is 9.59 Å². The molecular formula is C11H20N2O4S. The van der Waals surface area contributed by atoms with Crippen molar-refractivity contribution in [3.8, 4) is 0 Å². The lowest BCUT2D eigenvalue weighted by Crippen LogP contribution is -2.51. The smallest absolute Gasteiger partial charge is 0.334 e. The van der Waals surface area contributed by atoms with E-state index < -0.39 is 12.1 Å². The fourth-order valence-corrected chi connectivity index (χ4v) is 2.15. The highest BCUT2D eigenvalue weighted by Gasteiger charge is 2.28. The summed E-state index contributed by atoms with van der Waals surface area (Å²) in [7, 11) is 0. The molecule has 0 aliphatic carbocycles. The molecular weight excluding hydrogens is 256 g/mol. The van der Waals surface area contributed by atoms with E-state index in [4.69, 9.17) is 9.84 Å². The van der Waals surface area contributed by atoms with Crippen LogP contribution < -0.4 is 5.32 Å². The number of thioether (sulfide) groups is 1. The van der Waals surface area contributed by atoms with Crippen LogP contribution in [0.3, 0.4) is 0 Å². The minimum absolute atomic E-state index is 0.117. The molecule has 2 amide bonds. The van der Waals surface area contributed by atoms with Crippen LogP contribution >= 0.6 is 11.8 Å². The number of ether oxygens (including phenoxy) is 1. The number of unbranched alkanes of at least 4 members (excludes halogenated alkanes) is 1. The summed E-state index contributed by atoms with van der Waals surface area (Å²) in [4.78, 5) is 24.0. The molecule has 1 heterocycles. The van der Waals surface area contributed by atoms with Crippen molar-refractivity contribution < 1.29 is 19.4 Å². The Hall–Kier alpha value is -0.950. The van der Waals surface area contributed by atoms with Crippen LogP contribution in [0.1, 0.15) is 12.8 Å². The fraction of sp³-hybridized carbons (Fsp3) is 0.818. The number of hydrogen-bond acceptors (Lipinski definition) is 4. The number of carbonyl (C=O) groups excluding carboxylic acids is 1. The number of morpholine rings is 1. The second-order valence-corrected chi connectivity index (χ2v) is 5.06.